The summed E-state index contributed by atoms with van der Waals surface area (Å²) in [6.07, 6.45) is 4.26. The molecule has 0 atom stereocenters. The fourth-order valence-electron chi connectivity index (χ4n) is 4.00. The molecule has 0 spiro atoms. The zero-order valence-electron chi connectivity index (χ0n) is 19.6. The highest BCUT2D eigenvalue weighted by atomic mass is 35.5. The van der Waals surface area contributed by atoms with E-state index in [4.69, 9.17) is 16.3 Å². The predicted octanol–water partition coefficient (Wildman–Crippen LogP) is 6.51. The van der Waals surface area contributed by atoms with Crippen molar-refractivity contribution < 1.29 is 9.53 Å². The SMILES string of the molecule is O=C(CCCOc1cc2cc(c1)Nc1nc(ncc1Cl)Nc1cccc(c1)CC2)Nc1ccccc1. The maximum absolute atomic E-state index is 12.2. The van der Waals surface area contributed by atoms with Crippen molar-refractivity contribution in [3.8, 4) is 5.75 Å². The zero-order valence-corrected chi connectivity index (χ0v) is 20.4. The fourth-order valence-corrected chi connectivity index (χ4v) is 4.14. The number of fused-ring (bicyclic) bond motifs is 6. The molecular weight excluding hydrogens is 474 g/mol. The summed E-state index contributed by atoms with van der Waals surface area (Å²) in [5, 5.41) is 9.87. The second-order valence-electron chi connectivity index (χ2n) is 8.57. The van der Waals surface area contributed by atoms with Crippen LogP contribution in [0, 0.1) is 0 Å². The van der Waals surface area contributed by atoms with Gasteiger partial charge in [-0.05, 0) is 66.8 Å². The van der Waals surface area contributed by atoms with Crippen LogP contribution in [0.4, 0.5) is 28.8 Å². The Bertz CT molecular complexity index is 1360. The van der Waals surface area contributed by atoms with Crippen molar-refractivity contribution in [2.45, 2.75) is 25.7 Å². The van der Waals surface area contributed by atoms with Crippen molar-refractivity contribution in [1.29, 1.82) is 0 Å². The number of aryl methyl sites for hydroxylation is 2. The monoisotopic (exact) mass is 499 g/mol. The van der Waals surface area contributed by atoms with Crippen LogP contribution in [0.2, 0.25) is 5.02 Å². The topological polar surface area (TPSA) is 88.2 Å². The first-order chi connectivity index (χ1) is 17.6. The van der Waals surface area contributed by atoms with Gasteiger partial charge in [0.2, 0.25) is 11.9 Å². The van der Waals surface area contributed by atoms with Crippen LogP contribution in [-0.2, 0) is 17.6 Å². The molecule has 3 N–H and O–H groups in total. The third-order valence-electron chi connectivity index (χ3n) is 5.73. The van der Waals surface area contributed by atoms with Gasteiger partial charge in [0, 0.05) is 29.5 Å². The number of amides is 1. The lowest BCUT2D eigenvalue weighted by Gasteiger charge is -2.13. The maximum atomic E-state index is 12.2. The van der Waals surface area contributed by atoms with E-state index in [1.807, 2.05) is 54.6 Å². The molecule has 36 heavy (non-hydrogen) atoms. The van der Waals surface area contributed by atoms with Crippen molar-refractivity contribution in [2.24, 2.45) is 0 Å². The molecule has 0 saturated heterocycles. The highest BCUT2D eigenvalue weighted by Gasteiger charge is 2.11. The Hall–Kier alpha value is -4.10. The molecule has 7 nitrogen and oxygen atoms in total. The molecular formula is C28H26ClN5O2. The lowest BCUT2D eigenvalue weighted by molar-refractivity contribution is -0.116. The number of halogens is 1. The van der Waals surface area contributed by atoms with Crippen LogP contribution < -0.4 is 20.7 Å². The normalized spacial score (nSPS) is 12.1. The van der Waals surface area contributed by atoms with Crippen LogP contribution in [0.1, 0.15) is 24.0 Å². The summed E-state index contributed by atoms with van der Waals surface area (Å²) in [5.41, 5.74) is 4.87. The van der Waals surface area contributed by atoms with Crippen LogP contribution in [0.25, 0.3) is 0 Å². The highest BCUT2D eigenvalue weighted by molar-refractivity contribution is 6.32. The largest absolute Gasteiger partial charge is 0.493 e. The number of aromatic nitrogens is 2. The van der Waals surface area contributed by atoms with E-state index in [1.165, 1.54) is 5.56 Å². The smallest absolute Gasteiger partial charge is 0.229 e. The van der Waals surface area contributed by atoms with Gasteiger partial charge in [-0.15, -0.1) is 0 Å². The van der Waals surface area contributed by atoms with Gasteiger partial charge in [-0.1, -0.05) is 41.9 Å². The molecule has 1 aromatic heterocycles. The Kier molecular flexibility index (Phi) is 7.28. The van der Waals surface area contributed by atoms with Gasteiger partial charge in [0.15, 0.2) is 5.82 Å². The molecule has 182 valence electrons. The van der Waals surface area contributed by atoms with Crippen LogP contribution in [0.15, 0.2) is 79.0 Å². The van der Waals surface area contributed by atoms with Gasteiger partial charge < -0.3 is 20.7 Å². The van der Waals surface area contributed by atoms with E-state index in [1.54, 1.807) is 6.20 Å². The minimum Gasteiger partial charge on any atom is -0.493 e. The zero-order chi connectivity index (χ0) is 24.7. The molecule has 2 heterocycles. The molecule has 1 aliphatic rings. The molecule has 8 heteroatoms. The van der Waals surface area contributed by atoms with Gasteiger partial charge in [-0.2, -0.15) is 4.98 Å². The second kappa shape index (κ2) is 11.1. The van der Waals surface area contributed by atoms with Gasteiger partial charge in [-0.3, -0.25) is 4.79 Å². The van der Waals surface area contributed by atoms with Crippen molar-refractivity contribution in [1.82, 2.24) is 9.97 Å². The van der Waals surface area contributed by atoms with E-state index < -0.39 is 0 Å². The van der Waals surface area contributed by atoms with Crippen molar-refractivity contribution in [2.75, 3.05) is 22.6 Å². The summed E-state index contributed by atoms with van der Waals surface area (Å²) in [4.78, 5) is 21.1. The average molecular weight is 500 g/mol. The number of anilines is 5. The molecule has 0 saturated carbocycles. The van der Waals surface area contributed by atoms with E-state index in [2.05, 4.69) is 44.1 Å². The highest BCUT2D eigenvalue weighted by Crippen LogP contribution is 2.29. The maximum Gasteiger partial charge on any atom is 0.229 e. The van der Waals surface area contributed by atoms with Gasteiger partial charge >= 0.3 is 0 Å². The summed E-state index contributed by atoms with van der Waals surface area (Å²) in [7, 11) is 0. The number of nitrogens with one attached hydrogen (secondary N) is 3. The van der Waals surface area contributed by atoms with E-state index >= 15 is 0 Å². The number of hydrogen-bond donors (Lipinski definition) is 3. The van der Waals surface area contributed by atoms with Gasteiger partial charge in [0.05, 0.1) is 12.8 Å². The number of rotatable bonds is 6. The van der Waals surface area contributed by atoms with Crippen LogP contribution in [0.5, 0.6) is 5.75 Å². The fraction of sp³-hybridized carbons (Fsp3) is 0.179. The second-order valence-corrected chi connectivity index (χ2v) is 8.98. The Morgan fingerprint density at radius 3 is 2.67 bits per heavy atom. The van der Waals surface area contributed by atoms with E-state index in [0.717, 1.165) is 41.2 Å². The summed E-state index contributed by atoms with van der Waals surface area (Å²) < 4.78 is 6.04. The number of carbonyl (C=O) groups is 1. The Morgan fingerprint density at radius 1 is 0.944 bits per heavy atom. The van der Waals surface area contributed by atoms with Gasteiger partial charge in [0.1, 0.15) is 10.8 Å². The molecule has 1 amide bonds. The predicted molar refractivity (Wildman–Crippen MR) is 144 cm³/mol. The van der Waals surface area contributed by atoms with Gasteiger partial charge in [0.25, 0.3) is 0 Å². The molecule has 0 aliphatic carbocycles. The summed E-state index contributed by atoms with van der Waals surface area (Å²) in [6.45, 7) is 0.426. The Morgan fingerprint density at radius 2 is 1.78 bits per heavy atom. The molecule has 0 fully saturated rings. The quantitative estimate of drug-likeness (QED) is 0.262. The summed E-state index contributed by atoms with van der Waals surface area (Å²) >= 11 is 6.38. The van der Waals surface area contributed by atoms with Crippen molar-refractivity contribution in [3.63, 3.8) is 0 Å². The minimum atomic E-state index is -0.0310. The third kappa shape index (κ3) is 6.31. The number of ether oxygens (including phenoxy) is 1. The van der Waals surface area contributed by atoms with Crippen LogP contribution in [-0.4, -0.2) is 22.5 Å². The first-order valence-electron chi connectivity index (χ1n) is 11.9. The molecule has 0 radical (unpaired) electrons. The van der Waals surface area contributed by atoms with E-state index in [9.17, 15) is 4.79 Å². The van der Waals surface area contributed by atoms with Crippen LogP contribution >= 0.6 is 11.6 Å². The third-order valence-corrected chi connectivity index (χ3v) is 6.01. The van der Waals surface area contributed by atoms with Crippen molar-refractivity contribution >= 4 is 46.3 Å². The average Bonchev–Trinajstić information content (AvgIpc) is 2.88. The first-order valence-corrected chi connectivity index (χ1v) is 12.3. The number of nitrogens with zero attached hydrogens (tertiary/aromatic N) is 2. The molecule has 3 aromatic carbocycles. The van der Waals surface area contributed by atoms with Crippen molar-refractivity contribution in [3.05, 3.63) is 95.1 Å². The summed E-state index contributed by atoms with van der Waals surface area (Å²) in [6, 6.07) is 23.7. The van der Waals surface area contributed by atoms with E-state index in [0.29, 0.717) is 36.2 Å². The number of carbonyl (C=O) groups excluding carboxylic acids is 1. The molecule has 6 bridgehead atoms. The number of benzene rings is 3. The molecule has 5 rings (SSSR count). The number of para-hydroxylation sites is 1. The molecule has 1 aliphatic heterocycles. The minimum absolute atomic E-state index is 0.0310. The Balaban J connectivity index is 1.30. The van der Waals surface area contributed by atoms with Crippen LogP contribution in [0.3, 0.4) is 0 Å². The standard InChI is InChI=1S/C28H26ClN5O2/c29-25-18-30-28-33-22-9-4-6-19(14-22)11-12-20-15-23(32-27(25)34-28)17-24(16-20)36-13-5-10-26(35)31-21-7-2-1-3-8-21/h1-4,6-9,14-18H,5,10-13H2,(H,31,35)(H2,30,32,33,34). The van der Waals surface area contributed by atoms with E-state index in [-0.39, 0.29) is 5.91 Å². The number of hydrogen-bond acceptors (Lipinski definition) is 6. The lowest BCUT2D eigenvalue weighted by atomic mass is 10.0. The molecule has 0 unspecified atom stereocenters. The Labute approximate surface area is 214 Å². The molecule has 4 aromatic rings. The first kappa shape index (κ1) is 23.6. The summed E-state index contributed by atoms with van der Waals surface area (Å²) in [5.74, 6) is 1.66. The lowest BCUT2D eigenvalue weighted by Crippen LogP contribution is -2.12. The van der Waals surface area contributed by atoms with Gasteiger partial charge in [-0.25, -0.2) is 4.98 Å².